The van der Waals surface area contributed by atoms with E-state index < -0.39 is 0 Å². The Labute approximate surface area is 121 Å². The van der Waals surface area contributed by atoms with Crippen LogP contribution in [-0.2, 0) is 5.88 Å². The normalized spacial score (nSPS) is 19.9. The van der Waals surface area contributed by atoms with Crippen molar-refractivity contribution < 1.29 is 0 Å². The van der Waals surface area contributed by atoms with Gasteiger partial charge >= 0.3 is 0 Å². The number of likely N-dealkylation sites (tertiary alicyclic amines) is 1. The second-order valence-corrected chi connectivity index (χ2v) is 5.66. The van der Waals surface area contributed by atoms with Crippen molar-refractivity contribution in [3.8, 4) is 0 Å². The Hall–Kier alpha value is -0.800. The summed E-state index contributed by atoms with van der Waals surface area (Å²) in [6, 6.07) is 2.81. The van der Waals surface area contributed by atoms with Gasteiger partial charge in [-0.1, -0.05) is 6.92 Å². The van der Waals surface area contributed by atoms with Crippen molar-refractivity contribution in [2.45, 2.75) is 38.6 Å². The van der Waals surface area contributed by atoms with E-state index in [9.17, 15) is 0 Å². The Kier molecular flexibility index (Phi) is 5.06. The summed E-state index contributed by atoms with van der Waals surface area (Å²) in [5, 5.41) is 0. The zero-order valence-corrected chi connectivity index (χ0v) is 13.0. The van der Waals surface area contributed by atoms with Crippen molar-refractivity contribution in [1.82, 2.24) is 9.88 Å². The fraction of sp³-hybridized carbons (Fsp3) is 0.667. The van der Waals surface area contributed by atoms with E-state index in [1.165, 1.54) is 25.1 Å². The van der Waals surface area contributed by atoms with Gasteiger partial charge in [-0.2, -0.15) is 0 Å². The first-order chi connectivity index (χ1) is 9.15. The minimum atomic E-state index is 0.523. The molecule has 1 atom stereocenters. The molecule has 106 valence electrons. The van der Waals surface area contributed by atoms with Gasteiger partial charge in [-0.25, -0.2) is 0 Å². The first-order valence-corrected chi connectivity index (χ1v) is 7.65. The molecule has 0 bridgehead atoms. The van der Waals surface area contributed by atoms with E-state index in [4.69, 9.17) is 11.6 Å². The number of anilines is 1. The van der Waals surface area contributed by atoms with E-state index in [1.807, 2.05) is 13.1 Å². The van der Waals surface area contributed by atoms with Gasteiger partial charge in [0, 0.05) is 42.8 Å². The number of alkyl halides is 1. The van der Waals surface area contributed by atoms with Crippen molar-refractivity contribution in [2.24, 2.45) is 0 Å². The molecule has 1 aromatic rings. The fourth-order valence-corrected chi connectivity index (χ4v) is 3.17. The molecule has 1 aliphatic rings. The SMILES string of the molecule is CCN1CCCC1CN(C)c1cc(C)ncc1CCl. The molecule has 3 nitrogen and oxygen atoms in total. The highest BCUT2D eigenvalue weighted by Gasteiger charge is 2.24. The van der Waals surface area contributed by atoms with E-state index in [0.29, 0.717) is 11.9 Å². The number of aryl methyl sites for hydroxylation is 1. The van der Waals surface area contributed by atoms with Crippen molar-refractivity contribution in [2.75, 3.05) is 31.6 Å². The van der Waals surface area contributed by atoms with E-state index in [1.54, 1.807) is 0 Å². The maximum Gasteiger partial charge on any atom is 0.0509 e. The monoisotopic (exact) mass is 281 g/mol. The molecule has 1 fully saturated rings. The molecule has 1 saturated heterocycles. The lowest BCUT2D eigenvalue weighted by Gasteiger charge is -2.30. The van der Waals surface area contributed by atoms with Crippen LogP contribution in [0.15, 0.2) is 12.3 Å². The molecule has 4 heteroatoms. The van der Waals surface area contributed by atoms with Gasteiger partial charge in [-0.3, -0.25) is 9.88 Å². The first-order valence-electron chi connectivity index (χ1n) is 7.12. The molecule has 2 heterocycles. The lowest BCUT2D eigenvalue weighted by Crippen LogP contribution is -2.39. The highest BCUT2D eigenvalue weighted by molar-refractivity contribution is 6.17. The van der Waals surface area contributed by atoms with Crippen molar-refractivity contribution in [1.29, 1.82) is 0 Å². The van der Waals surface area contributed by atoms with Crippen LogP contribution in [0.5, 0.6) is 0 Å². The smallest absolute Gasteiger partial charge is 0.0509 e. The molecule has 0 N–H and O–H groups in total. The van der Waals surface area contributed by atoms with Gasteiger partial charge in [-0.15, -0.1) is 11.6 Å². The lowest BCUT2D eigenvalue weighted by atomic mass is 10.1. The van der Waals surface area contributed by atoms with Crippen LogP contribution in [0.1, 0.15) is 31.0 Å². The molecular formula is C15H24ClN3. The average molecular weight is 282 g/mol. The predicted molar refractivity (Wildman–Crippen MR) is 82.1 cm³/mol. The highest BCUT2D eigenvalue weighted by atomic mass is 35.5. The summed E-state index contributed by atoms with van der Waals surface area (Å²) in [6.45, 7) is 7.74. The van der Waals surface area contributed by atoms with Gasteiger partial charge < -0.3 is 4.90 Å². The summed E-state index contributed by atoms with van der Waals surface area (Å²) >= 11 is 6.02. The van der Waals surface area contributed by atoms with E-state index in [2.05, 4.69) is 34.8 Å². The molecule has 0 radical (unpaired) electrons. The summed E-state index contributed by atoms with van der Waals surface area (Å²) in [6.07, 6.45) is 4.53. The van der Waals surface area contributed by atoms with Gasteiger partial charge in [-0.05, 0) is 38.9 Å². The number of hydrogen-bond donors (Lipinski definition) is 0. The van der Waals surface area contributed by atoms with Crippen LogP contribution in [0.25, 0.3) is 0 Å². The molecule has 0 spiro atoms. The molecule has 2 rings (SSSR count). The Morgan fingerprint density at radius 3 is 3.00 bits per heavy atom. The van der Waals surface area contributed by atoms with Gasteiger partial charge in [0.25, 0.3) is 0 Å². The molecule has 1 unspecified atom stereocenters. The lowest BCUT2D eigenvalue weighted by molar-refractivity contribution is 0.270. The molecular weight excluding hydrogens is 258 g/mol. The van der Waals surface area contributed by atoms with Crippen LogP contribution in [0, 0.1) is 6.92 Å². The first kappa shape index (κ1) is 14.6. The van der Waals surface area contributed by atoms with Crippen LogP contribution in [0.3, 0.4) is 0 Å². The summed E-state index contributed by atoms with van der Waals surface area (Å²) < 4.78 is 0. The van der Waals surface area contributed by atoms with Crippen LogP contribution in [0.4, 0.5) is 5.69 Å². The summed E-state index contributed by atoms with van der Waals surface area (Å²) in [4.78, 5) is 9.25. The number of nitrogens with zero attached hydrogens (tertiary/aromatic N) is 3. The van der Waals surface area contributed by atoms with E-state index >= 15 is 0 Å². The number of pyridine rings is 1. The van der Waals surface area contributed by atoms with Crippen molar-refractivity contribution >= 4 is 17.3 Å². The third-order valence-corrected chi connectivity index (χ3v) is 4.33. The van der Waals surface area contributed by atoms with Gasteiger partial charge in [0.15, 0.2) is 0 Å². The molecule has 0 aliphatic carbocycles. The van der Waals surface area contributed by atoms with Crippen LogP contribution in [-0.4, -0.2) is 42.6 Å². The molecule has 0 amide bonds. The second-order valence-electron chi connectivity index (χ2n) is 5.39. The maximum atomic E-state index is 6.02. The zero-order chi connectivity index (χ0) is 13.8. The highest BCUT2D eigenvalue weighted by Crippen LogP contribution is 2.24. The second kappa shape index (κ2) is 6.58. The Bertz CT molecular complexity index is 422. The van der Waals surface area contributed by atoms with E-state index in [0.717, 1.165) is 24.3 Å². The maximum absolute atomic E-state index is 6.02. The standard InChI is InChI=1S/C15H24ClN3/c1-4-19-7-5-6-14(19)11-18(3)15-8-12(2)17-10-13(15)9-16/h8,10,14H,4-7,9,11H2,1-3H3. The fourth-order valence-electron chi connectivity index (χ4n) is 2.96. The molecule has 19 heavy (non-hydrogen) atoms. The quantitative estimate of drug-likeness (QED) is 0.774. The molecule has 0 aromatic carbocycles. The third kappa shape index (κ3) is 3.40. The number of likely N-dealkylation sites (N-methyl/N-ethyl adjacent to an activating group) is 2. The largest absolute Gasteiger partial charge is 0.373 e. The molecule has 1 aliphatic heterocycles. The number of hydrogen-bond acceptors (Lipinski definition) is 3. The third-order valence-electron chi connectivity index (χ3n) is 4.04. The Balaban J connectivity index is 2.11. The number of rotatable bonds is 5. The molecule has 0 saturated carbocycles. The van der Waals surface area contributed by atoms with Crippen LogP contribution < -0.4 is 4.90 Å². The Morgan fingerprint density at radius 1 is 1.53 bits per heavy atom. The number of halogens is 1. The molecule has 1 aromatic heterocycles. The van der Waals surface area contributed by atoms with Crippen molar-refractivity contribution in [3.05, 3.63) is 23.5 Å². The van der Waals surface area contributed by atoms with Gasteiger partial charge in [0.1, 0.15) is 0 Å². The number of aromatic nitrogens is 1. The summed E-state index contributed by atoms with van der Waals surface area (Å²) in [5.41, 5.74) is 3.40. The Morgan fingerprint density at radius 2 is 2.32 bits per heavy atom. The minimum absolute atomic E-state index is 0.523. The van der Waals surface area contributed by atoms with Crippen LogP contribution in [0.2, 0.25) is 0 Å². The summed E-state index contributed by atoms with van der Waals surface area (Å²) in [7, 11) is 2.16. The average Bonchev–Trinajstić information content (AvgIpc) is 2.85. The van der Waals surface area contributed by atoms with Gasteiger partial charge in [0.2, 0.25) is 0 Å². The van der Waals surface area contributed by atoms with Crippen molar-refractivity contribution in [3.63, 3.8) is 0 Å². The van der Waals surface area contributed by atoms with Gasteiger partial charge in [0.05, 0.1) is 5.88 Å². The predicted octanol–water partition coefficient (Wildman–Crippen LogP) is 3.05. The topological polar surface area (TPSA) is 19.4 Å². The zero-order valence-electron chi connectivity index (χ0n) is 12.2. The van der Waals surface area contributed by atoms with E-state index in [-0.39, 0.29) is 0 Å². The minimum Gasteiger partial charge on any atom is -0.373 e. The van der Waals surface area contributed by atoms with Crippen LogP contribution >= 0.6 is 11.6 Å². The summed E-state index contributed by atoms with van der Waals surface area (Å²) in [5.74, 6) is 0.523.